The number of aromatic nitrogens is 2. The van der Waals surface area contributed by atoms with Gasteiger partial charge < -0.3 is 4.57 Å². The van der Waals surface area contributed by atoms with E-state index in [-0.39, 0.29) is 11.4 Å². The summed E-state index contributed by atoms with van der Waals surface area (Å²) in [6, 6.07) is 3.41. The largest absolute Gasteiger partial charge is 0.322 e. The molecule has 20 heavy (non-hydrogen) atoms. The van der Waals surface area contributed by atoms with Crippen molar-refractivity contribution in [2.45, 2.75) is 45.6 Å². The number of aryl methyl sites for hydroxylation is 1. The van der Waals surface area contributed by atoms with Crippen LogP contribution in [0.4, 0.5) is 4.39 Å². The average Bonchev–Trinajstić information content (AvgIpc) is 2.77. The van der Waals surface area contributed by atoms with Crippen molar-refractivity contribution < 1.29 is 4.39 Å². The van der Waals surface area contributed by atoms with Crippen LogP contribution in [-0.2, 0) is 12.0 Å². The van der Waals surface area contributed by atoms with E-state index < -0.39 is 0 Å². The highest BCUT2D eigenvalue weighted by Crippen LogP contribution is 2.32. The van der Waals surface area contributed by atoms with E-state index in [1.807, 2.05) is 28.7 Å². The van der Waals surface area contributed by atoms with E-state index >= 15 is 0 Å². The van der Waals surface area contributed by atoms with Gasteiger partial charge in [0.15, 0.2) is 0 Å². The lowest BCUT2D eigenvalue weighted by atomic mass is 9.94. The fourth-order valence-electron chi connectivity index (χ4n) is 2.54. The zero-order valence-corrected chi connectivity index (χ0v) is 14.9. The van der Waals surface area contributed by atoms with E-state index in [1.165, 1.54) is 0 Å². The molecule has 0 amide bonds. The van der Waals surface area contributed by atoms with Crippen LogP contribution in [0.2, 0.25) is 0 Å². The Morgan fingerprint density at radius 2 is 2.00 bits per heavy atom. The summed E-state index contributed by atoms with van der Waals surface area (Å²) >= 11 is 7.91. The highest BCUT2D eigenvalue weighted by atomic mass is 127. The molecule has 2 rings (SSSR count). The van der Waals surface area contributed by atoms with Crippen molar-refractivity contribution in [3.05, 3.63) is 27.3 Å². The molecule has 2 aromatic rings. The van der Waals surface area contributed by atoms with Crippen molar-refractivity contribution in [1.82, 2.24) is 9.55 Å². The molecule has 0 bridgehead atoms. The van der Waals surface area contributed by atoms with E-state index in [1.54, 1.807) is 6.07 Å². The number of benzene rings is 1. The van der Waals surface area contributed by atoms with Crippen molar-refractivity contribution in [3.63, 3.8) is 0 Å². The van der Waals surface area contributed by atoms with Crippen molar-refractivity contribution in [2.24, 2.45) is 0 Å². The SMILES string of the molecule is CCC(C)(CC)n1c(CCCl)nc2cc(I)c(F)cc21. The molecule has 0 aliphatic rings. The van der Waals surface area contributed by atoms with Gasteiger partial charge in [0.05, 0.1) is 14.6 Å². The van der Waals surface area contributed by atoms with Crippen molar-refractivity contribution in [1.29, 1.82) is 0 Å². The van der Waals surface area contributed by atoms with Crippen LogP contribution in [0.15, 0.2) is 12.1 Å². The van der Waals surface area contributed by atoms with Gasteiger partial charge in [-0.25, -0.2) is 9.37 Å². The molecule has 110 valence electrons. The molecule has 2 nitrogen and oxygen atoms in total. The second-order valence-corrected chi connectivity index (χ2v) is 6.80. The highest BCUT2D eigenvalue weighted by molar-refractivity contribution is 14.1. The van der Waals surface area contributed by atoms with Crippen LogP contribution in [0.1, 0.15) is 39.4 Å². The minimum absolute atomic E-state index is 0.0601. The summed E-state index contributed by atoms with van der Waals surface area (Å²) in [5, 5.41) is 0. The van der Waals surface area contributed by atoms with Crippen LogP contribution in [0.3, 0.4) is 0 Å². The maximum atomic E-state index is 13.9. The number of hydrogen-bond donors (Lipinski definition) is 0. The van der Waals surface area contributed by atoms with Gasteiger partial charge in [0.1, 0.15) is 11.6 Å². The maximum absolute atomic E-state index is 13.9. The first-order chi connectivity index (χ1) is 9.46. The molecule has 0 spiro atoms. The number of nitrogens with zero attached hydrogens (tertiary/aromatic N) is 2. The monoisotopic (exact) mass is 408 g/mol. The lowest BCUT2D eigenvalue weighted by Crippen LogP contribution is -2.30. The molecule has 1 heterocycles. The molecule has 1 aromatic heterocycles. The van der Waals surface area contributed by atoms with Crippen LogP contribution < -0.4 is 0 Å². The number of halogens is 3. The van der Waals surface area contributed by atoms with Gasteiger partial charge >= 0.3 is 0 Å². The van der Waals surface area contributed by atoms with Crippen molar-refractivity contribution >= 4 is 45.2 Å². The van der Waals surface area contributed by atoms with Gasteiger partial charge in [0, 0.05) is 23.9 Å². The first-order valence-corrected chi connectivity index (χ1v) is 8.51. The molecule has 0 radical (unpaired) electrons. The molecule has 0 saturated carbocycles. The molecule has 5 heteroatoms. The van der Waals surface area contributed by atoms with Crippen LogP contribution >= 0.6 is 34.2 Å². The number of hydrogen-bond acceptors (Lipinski definition) is 1. The fraction of sp³-hybridized carbons (Fsp3) is 0.533. The summed E-state index contributed by atoms with van der Waals surface area (Å²) in [5.74, 6) is 1.28. The summed E-state index contributed by atoms with van der Waals surface area (Å²) < 4.78 is 16.7. The predicted molar refractivity (Wildman–Crippen MR) is 91.1 cm³/mol. The molecule has 0 unspecified atom stereocenters. The average molecular weight is 409 g/mol. The van der Waals surface area contributed by atoms with Gasteiger partial charge in [0.25, 0.3) is 0 Å². The minimum atomic E-state index is -0.189. The Morgan fingerprint density at radius 3 is 2.55 bits per heavy atom. The maximum Gasteiger partial charge on any atom is 0.138 e. The normalized spacial score (nSPS) is 12.3. The van der Waals surface area contributed by atoms with Gasteiger partial charge in [-0.05, 0) is 48.4 Å². The molecule has 0 aliphatic carbocycles. The minimum Gasteiger partial charge on any atom is -0.322 e. The molecule has 0 aliphatic heterocycles. The Bertz CT molecular complexity index is 620. The summed E-state index contributed by atoms with van der Waals surface area (Å²) in [6.07, 6.45) is 2.64. The summed E-state index contributed by atoms with van der Waals surface area (Å²) in [4.78, 5) is 4.67. The van der Waals surface area contributed by atoms with E-state index in [0.717, 1.165) is 29.7 Å². The lowest BCUT2D eigenvalue weighted by Gasteiger charge is -2.31. The van der Waals surface area contributed by atoms with E-state index in [0.29, 0.717) is 15.9 Å². The Labute approximate surface area is 137 Å². The first kappa shape index (κ1) is 16.0. The molecule has 0 N–H and O–H groups in total. The molecule has 1 aromatic carbocycles. The van der Waals surface area contributed by atoms with Crippen molar-refractivity contribution in [2.75, 3.05) is 5.88 Å². The van der Waals surface area contributed by atoms with Crippen LogP contribution in [0, 0.1) is 9.39 Å². The van der Waals surface area contributed by atoms with E-state index in [2.05, 4.69) is 30.3 Å². The Balaban J connectivity index is 2.77. The smallest absolute Gasteiger partial charge is 0.138 e. The summed E-state index contributed by atoms with van der Waals surface area (Å²) in [6.45, 7) is 6.51. The van der Waals surface area contributed by atoms with Gasteiger partial charge in [-0.3, -0.25) is 0 Å². The fourth-order valence-corrected chi connectivity index (χ4v) is 3.16. The van der Waals surface area contributed by atoms with Gasteiger partial charge in [-0.2, -0.15) is 0 Å². The number of rotatable bonds is 5. The Kier molecular flexibility index (Phi) is 4.95. The Hall–Kier alpha value is -0.360. The van der Waals surface area contributed by atoms with Gasteiger partial charge in [-0.1, -0.05) is 13.8 Å². The zero-order valence-electron chi connectivity index (χ0n) is 12.0. The summed E-state index contributed by atoms with van der Waals surface area (Å²) in [7, 11) is 0. The molecule has 0 atom stereocenters. The third-order valence-corrected chi connectivity index (χ3v) is 5.16. The third-order valence-electron chi connectivity index (χ3n) is 4.15. The number of fused-ring (bicyclic) bond motifs is 1. The number of alkyl halides is 1. The second kappa shape index (κ2) is 6.18. The molecular formula is C15H19ClFIN2. The van der Waals surface area contributed by atoms with Crippen molar-refractivity contribution in [3.8, 4) is 0 Å². The topological polar surface area (TPSA) is 17.8 Å². The molecule has 0 saturated heterocycles. The quantitative estimate of drug-likeness (QED) is 0.497. The highest BCUT2D eigenvalue weighted by Gasteiger charge is 2.27. The second-order valence-electron chi connectivity index (χ2n) is 5.26. The van der Waals surface area contributed by atoms with Crippen LogP contribution in [0.5, 0.6) is 0 Å². The Morgan fingerprint density at radius 1 is 1.35 bits per heavy atom. The van der Waals surface area contributed by atoms with Crippen LogP contribution in [0.25, 0.3) is 11.0 Å². The molecular weight excluding hydrogens is 390 g/mol. The van der Waals surface area contributed by atoms with Gasteiger partial charge in [-0.15, -0.1) is 11.6 Å². The van der Waals surface area contributed by atoms with Crippen LogP contribution in [-0.4, -0.2) is 15.4 Å². The number of imidazole rings is 1. The van der Waals surface area contributed by atoms with E-state index in [9.17, 15) is 4.39 Å². The predicted octanol–water partition coefficient (Wildman–Crippen LogP) is 5.10. The third kappa shape index (κ3) is 2.69. The molecule has 0 fully saturated rings. The van der Waals surface area contributed by atoms with E-state index in [4.69, 9.17) is 11.6 Å². The standard InChI is InChI=1S/C15H19ClFIN2/c1-4-15(3,5-2)20-13-8-10(17)11(18)9-12(13)19-14(20)6-7-16/h8-9H,4-7H2,1-3H3. The first-order valence-electron chi connectivity index (χ1n) is 6.89. The zero-order chi connectivity index (χ0) is 14.9. The van der Waals surface area contributed by atoms with Gasteiger partial charge in [0.2, 0.25) is 0 Å². The lowest BCUT2D eigenvalue weighted by molar-refractivity contribution is 0.294. The summed E-state index contributed by atoms with van der Waals surface area (Å²) in [5.41, 5.74) is 1.66.